The molecule has 1 unspecified atom stereocenters. The number of nitrogens with two attached hydrogens (primary N) is 1. The van der Waals surface area contributed by atoms with Gasteiger partial charge in [-0.05, 0) is 36.1 Å². The van der Waals surface area contributed by atoms with Gasteiger partial charge in [0.1, 0.15) is 6.07 Å². The lowest BCUT2D eigenvalue weighted by molar-refractivity contribution is 0.763. The third-order valence-corrected chi connectivity index (χ3v) is 3.77. The smallest absolute Gasteiger partial charge is 0.101 e. The highest BCUT2D eigenvalue weighted by atomic mass is 32.1. The zero-order valence-corrected chi connectivity index (χ0v) is 11.0. The Balaban J connectivity index is 2.25. The Hall–Kier alpha value is -1.99. The first-order valence-electron chi connectivity index (χ1n) is 5.84. The molecule has 18 heavy (non-hydrogen) atoms. The highest BCUT2D eigenvalue weighted by molar-refractivity contribution is 7.10. The molecule has 92 valence electrons. The van der Waals surface area contributed by atoms with Crippen molar-refractivity contribution in [3.63, 3.8) is 0 Å². The lowest BCUT2D eigenvalue weighted by Crippen LogP contribution is -2.09. The fourth-order valence-electron chi connectivity index (χ4n) is 1.83. The molecule has 3 nitrogen and oxygen atoms in total. The largest absolute Gasteiger partial charge is 0.399 e. The second-order valence-electron chi connectivity index (χ2n) is 4.04. The van der Waals surface area contributed by atoms with Gasteiger partial charge in [-0.1, -0.05) is 13.0 Å². The summed E-state index contributed by atoms with van der Waals surface area (Å²) in [5.41, 5.74) is 7.72. The normalized spacial score (nSPS) is 11.8. The molecule has 0 spiro atoms. The number of nitriles is 1. The Kier molecular flexibility index (Phi) is 3.85. The summed E-state index contributed by atoms with van der Waals surface area (Å²) in [6.07, 6.45) is 0.968. The number of thiophene rings is 1. The summed E-state index contributed by atoms with van der Waals surface area (Å²) in [5, 5.41) is 14.6. The standard InChI is InChI=1S/C14H15N3S/c1-2-12(14-4-3-7-18-14)17-13-6-5-11(16)8-10(13)9-15/h3-8,12,17H,2,16H2,1H3. The van der Waals surface area contributed by atoms with Crippen LogP contribution in [-0.2, 0) is 0 Å². The van der Waals surface area contributed by atoms with Crippen LogP contribution < -0.4 is 11.1 Å². The van der Waals surface area contributed by atoms with E-state index >= 15 is 0 Å². The Morgan fingerprint density at radius 3 is 2.89 bits per heavy atom. The van der Waals surface area contributed by atoms with Crippen LogP contribution in [-0.4, -0.2) is 0 Å². The molecule has 1 aromatic heterocycles. The summed E-state index contributed by atoms with van der Waals surface area (Å²) in [4.78, 5) is 1.28. The lowest BCUT2D eigenvalue weighted by Gasteiger charge is -2.18. The van der Waals surface area contributed by atoms with Crippen LogP contribution >= 0.6 is 11.3 Å². The van der Waals surface area contributed by atoms with Crippen LogP contribution in [0.25, 0.3) is 0 Å². The zero-order valence-electron chi connectivity index (χ0n) is 10.2. The molecule has 0 radical (unpaired) electrons. The van der Waals surface area contributed by atoms with Crippen molar-refractivity contribution >= 4 is 22.7 Å². The highest BCUT2D eigenvalue weighted by Gasteiger charge is 2.12. The summed E-state index contributed by atoms with van der Waals surface area (Å²) in [5.74, 6) is 0. The molecule has 0 bridgehead atoms. The zero-order chi connectivity index (χ0) is 13.0. The Morgan fingerprint density at radius 1 is 1.44 bits per heavy atom. The molecule has 0 aliphatic carbocycles. The fourth-order valence-corrected chi connectivity index (χ4v) is 2.69. The first kappa shape index (κ1) is 12.5. The second kappa shape index (κ2) is 5.56. The molecule has 2 aromatic rings. The van der Waals surface area contributed by atoms with E-state index in [1.165, 1.54) is 4.88 Å². The molecule has 2 rings (SSSR count). The van der Waals surface area contributed by atoms with Crippen LogP contribution in [0.3, 0.4) is 0 Å². The van der Waals surface area contributed by atoms with E-state index in [4.69, 9.17) is 11.0 Å². The number of nitrogen functional groups attached to an aromatic ring is 1. The number of hydrogen-bond acceptors (Lipinski definition) is 4. The minimum atomic E-state index is 0.237. The van der Waals surface area contributed by atoms with E-state index in [0.717, 1.165) is 12.1 Å². The monoisotopic (exact) mass is 257 g/mol. The van der Waals surface area contributed by atoms with Gasteiger partial charge in [0.25, 0.3) is 0 Å². The molecule has 0 saturated heterocycles. The Labute approximate surface area is 111 Å². The van der Waals surface area contributed by atoms with E-state index in [1.807, 2.05) is 18.2 Å². The van der Waals surface area contributed by atoms with Crippen molar-refractivity contribution in [2.75, 3.05) is 11.1 Å². The average molecular weight is 257 g/mol. The first-order chi connectivity index (χ1) is 8.74. The van der Waals surface area contributed by atoms with Gasteiger partial charge in [0.05, 0.1) is 17.3 Å². The van der Waals surface area contributed by atoms with E-state index in [9.17, 15) is 0 Å². The molecule has 0 saturated carbocycles. The summed E-state index contributed by atoms with van der Waals surface area (Å²) in [7, 11) is 0. The predicted octanol–water partition coefficient (Wildman–Crippen LogP) is 3.77. The molecule has 1 aromatic carbocycles. The van der Waals surface area contributed by atoms with Crippen molar-refractivity contribution in [1.29, 1.82) is 5.26 Å². The predicted molar refractivity (Wildman–Crippen MR) is 76.5 cm³/mol. The molecular weight excluding hydrogens is 242 g/mol. The molecule has 0 amide bonds. The van der Waals surface area contributed by atoms with Crippen LogP contribution in [0.15, 0.2) is 35.7 Å². The fraction of sp³-hybridized carbons (Fsp3) is 0.214. The van der Waals surface area contributed by atoms with Crippen molar-refractivity contribution < 1.29 is 0 Å². The molecular formula is C14H15N3S. The van der Waals surface area contributed by atoms with E-state index in [-0.39, 0.29) is 6.04 Å². The van der Waals surface area contributed by atoms with Crippen molar-refractivity contribution in [3.05, 3.63) is 46.2 Å². The van der Waals surface area contributed by atoms with Crippen molar-refractivity contribution in [1.82, 2.24) is 0 Å². The molecule has 1 atom stereocenters. The quantitative estimate of drug-likeness (QED) is 0.820. The van der Waals surface area contributed by atoms with Crippen LogP contribution in [0.5, 0.6) is 0 Å². The van der Waals surface area contributed by atoms with Gasteiger partial charge in [-0.2, -0.15) is 5.26 Å². The van der Waals surface area contributed by atoms with Crippen molar-refractivity contribution in [2.45, 2.75) is 19.4 Å². The SMILES string of the molecule is CCC(Nc1ccc(N)cc1C#N)c1cccs1. The van der Waals surface area contributed by atoms with Gasteiger partial charge in [0, 0.05) is 10.6 Å². The summed E-state index contributed by atoms with van der Waals surface area (Å²) in [6.45, 7) is 2.13. The third-order valence-electron chi connectivity index (χ3n) is 2.79. The van der Waals surface area contributed by atoms with E-state index < -0.39 is 0 Å². The molecule has 0 aliphatic heterocycles. The first-order valence-corrected chi connectivity index (χ1v) is 6.72. The van der Waals surface area contributed by atoms with Gasteiger partial charge in [-0.15, -0.1) is 11.3 Å². The number of hydrogen-bond donors (Lipinski definition) is 2. The number of anilines is 2. The van der Waals surface area contributed by atoms with Crippen LogP contribution in [0.4, 0.5) is 11.4 Å². The van der Waals surface area contributed by atoms with Crippen molar-refractivity contribution in [3.8, 4) is 6.07 Å². The lowest BCUT2D eigenvalue weighted by atomic mass is 10.1. The van der Waals surface area contributed by atoms with E-state index in [0.29, 0.717) is 11.3 Å². The van der Waals surface area contributed by atoms with Gasteiger partial charge < -0.3 is 11.1 Å². The molecule has 4 heteroatoms. The maximum absolute atomic E-state index is 9.12. The maximum Gasteiger partial charge on any atom is 0.101 e. The Bertz CT molecular complexity index is 555. The molecule has 0 fully saturated rings. The number of rotatable bonds is 4. The summed E-state index contributed by atoms with van der Waals surface area (Å²) in [6, 6.07) is 11.9. The van der Waals surface area contributed by atoms with Crippen LogP contribution in [0.1, 0.15) is 29.8 Å². The second-order valence-corrected chi connectivity index (χ2v) is 5.02. The van der Waals surface area contributed by atoms with Gasteiger partial charge >= 0.3 is 0 Å². The minimum absolute atomic E-state index is 0.237. The number of nitrogens with one attached hydrogen (secondary N) is 1. The Morgan fingerprint density at radius 2 is 2.28 bits per heavy atom. The van der Waals surface area contributed by atoms with Crippen LogP contribution in [0.2, 0.25) is 0 Å². The molecule has 1 heterocycles. The van der Waals surface area contributed by atoms with E-state index in [2.05, 4.69) is 29.8 Å². The number of nitrogens with zero attached hydrogens (tertiary/aromatic N) is 1. The molecule has 0 aliphatic rings. The third kappa shape index (κ3) is 2.63. The maximum atomic E-state index is 9.12. The minimum Gasteiger partial charge on any atom is -0.399 e. The van der Waals surface area contributed by atoms with Gasteiger partial charge in [0.2, 0.25) is 0 Å². The van der Waals surface area contributed by atoms with Gasteiger partial charge in [0.15, 0.2) is 0 Å². The highest BCUT2D eigenvalue weighted by Crippen LogP contribution is 2.28. The number of benzene rings is 1. The van der Waals surface area contributed by atoms with Gasteiger partial charge in [-0.3, -0.25) is 0 Å². The topological polar surface area (TPSA) is 61.8 Å². The summed E-state index contributed by atoms with van der Waals surface area (Å²) < 4.78 is 0. The average Bonchev–Trinajstić information content (AvgIpc) is 2.91. The van der Waals surface area contributed by atoms with Crippen LogP contribution in [0, 0.1) is 11.3 Å². The summed E-state index contributed by atoms with van der Waals surface area (Å²) >= 11 is 1.72. The molecule has 3 N–H and O–H groups in total. The van der Waals surface area contributed by atoms with Crippen molar-refractivity contribution in [2.24, 2.45) is 0 Å². The van der Waals surface area contributed by atoms with Gasteiger partial charge in [-0.25, -0.2) is 0 Å². The van der Waals surface area contributed by atoms with E-state index in [1.54, 1.807) is 17.4 Å².